The van der Waals surface area contributed by atoms with Crippen molar-refractivity contribution in [1.82, 2.24) is 0 Å². The average Bonchev–Trinajstić information content (AvgIpc) is 2.25. The predicted molar refractivity (Wildman–Crippen MR) is 84.4 cm³/mol. The molecule has 0 saturated heterocycles. The molecule has 1 aromatic carbocycles. The lowest BCUT2D eigenvalue weighted by Crippen LogP contribution is -2.25. The van der Waals surface area contributed by atoms with Crippen molar-refractivity contribution in [2.75, 3.05) is 0 Å². The van der Waals surface area contributed by atoms with E-state index in [1.54, 1.807) is 0 Å². The highest BCUT2D eigenvalue weighted by atomic mass is 79.9. The fourth-order valence-corrected chi connectivity index (χ4v) is 2.88. The van der Waals surface area contributed by atoms with Crippen LogP contribution in [0.4, 0.5) is 0 Å². The van der Waals surface area contributed by atoms with Crippen LogP contribution in [-0.4, -0.2) is 15.6 Å². The Balaban J connectivity index is 2.81. The van der Waals surface area contributed by atoms with Crippen molar-refractivity contribution < 1.29 is 9.59 Å². The van der Waals surface area contributed by atoms with E-state index in [2.05, 4.69) is 15.9 Å². The molecule has 0 spiro atoms. The first-order chi connectivity index (χ1) is 8.69. The van der Waals surface area contributed by atoms with Gasteiger partial charge in [-0.25, -0.2) is 0 Å². The van der Waals surface area contributed by atoms with Gasteiger partial charge in [0.2, 0.25) is 0 Å². The number of rotatable bonds is 4. The van der Waals surface area contributed by atoms with Crippen molar-refractivity contribution in [1.29, 1.82) is 0 Å². The van der Waals surface area contributed by atoms with E-state index in [1.165, 1.54) is 18.7 Å². The van der Waals surface area contributed by atoms with Crippen molar-refractivity contribution in [2.24, 2.45) is 5.92 Å². The SMILES string of the molecule is CC(=O)C(Cc1ccc(Br)cc1)C(=O)SC(C)(C)C. The molecule has 1 atom stereocenters. The number of hydrogen-bond acceptors (Lipinski definition) is 3. The fraction of sp³-hybridized carbons (Fsp3) is 0.467. The van der Waals surface area contributed by atoms with Crippen LogP contribution in [0.5, 0.6) is 0 Å². The summed E-state index contributed by atoms with van der Waals surface area (Å²) >= 11 is 4.62. The Morgan fingerprint density at radius 3 is 2.16 bits per heavy atom. The van der Waals surface area contributed by atoms with Gasteiger partial charge in [-0.05, 0) is 31.0 Å². The van der Waals surface area contributed by atoms with Crippen molar-refractivity contribution in [3.8, 4) is 0 Å². The number of thioether (sulfide) groups is 1. The van der Waals surface area contributed by atoms with Gasteiger partial charge in [-0.15, -0.1) is 0 Å². The zero-order valence-electron chi connectivity index (χ0n) is 11.7. The molecule has 0 aliphatic rings. The summed E-state index contributed by atoms with van der Waals surface area (Å²) in [6, 6.07) is 7.73. The van der Waals surface area contributed by atoms with Gasteiger partial charge in [-0.1, -0.05) is 60.6 Å². The van der Waals surface area contributed by atoms with Crippen LogP contribution in [-0.2, 0) is 16.0 Å². The second-order valence-electron chi connectivity index (χ2n) is 5.53. The molecule has 19 heavy (non-hydrogen) atoms. The zero-order chi connectivity index (χ0) is 14.6. The number of halogens is 1. The minimum Gasteiger partial charge on any atom is -0.299 e. The van der Waals surface area contributed by atoms with Crippen LogP contribution in [0.2, 0.25) is 0 Å². The molecule has 0 bridgehead atoms. The Kier molecular flexibility index (Phi) is 5.81. The van der Waals surface area contributed by atoms with Crippen molar-refractivity contribution >= 4 is 38.6 Å². The lowest BCUT2D eigenvalue weighted by Gasteiger charge is -2.20. The summed E-state index contributed by atoms with van der Waals surface area (Å²) in [7, 11) is 0. The van der Waals surface area contributed by atoms with E-state index in [9.17, 15) is 9.59 Å². The van der Waals surface area contributed by atoms with Crippen LogP contribution in [0.25, 0.3) is 0 Å². The summed E-state index contributed by atoms with van der Waals surface area (Å²) in [6.07, 6.45) is 0.477. The summed E-state index contributed by atoms with van der Waals surface area (Å²) < 4.78 is 0.829. The van der Waals surface area contributed by atoms with Crippen molar-refractivity contribution in [3.63, 3.8) is 0 Å². The Morgan fingerprint density at radius 1 is 1.21 bits per heavy atom. The van der Waals surface area contributed by atoms with Crippen LogP contribution in [0, 0.1) is 5.92 Å². The van der Waals surface area contributed by atoms with Gasteiger partial charge in [0.15, 0.2) is 5.12 Å². The van der Waals surface area contributed by atoms with Crippen molar-refractivity contribution in [2.45, 2.75) is 38.9 Å². The first-order valence-corrected chi connectivity index (χ1v) is 7.78. The molecule has 1 aromatic rings. The van der Waals surface area contributed by atoms with Crippen LogP contribution in [0.15, 0.2) is 28.7 Å². The fourth-order valence-electron chi connectivity index (χ4n) is 1.62. The molecule has 0 aromatic heterocycles. The molecule has 1 rings (SSSR count). The molecule has 0 aliphatic heterocycles. The molecular formula is C15H19BrO2S. The third-order valence-electron chi connectivity index (χ3n) is 2.54. The highest BCUT2D eigenvalue weighted by Gasteiger charge is 2.28. The second kappa shape index (κ2) is 6.71. The van der Waals surface area contributed by atoms with Gasteiger partial charge >= 0.3 is 0 Å². The zero-order valence-corrected chi connectivity index (χ0v) is 14.1. The van der Waals surface area contributed by atoms with E-state index in [4.69, 9.17) is 0 Å². The normalized spacial score (nSPS) is 13.1. The molecule has 0 amide bonds. The number of carbonyl (C=O) groups is 2. The smallest absolute Gasteiger partial charge is 0.200 e. The number of ketones is 1. The third kappa shape index (κ3) is 5.91. The second-order valence-corrected chi connectivity index (χ2v) is 8.27. The molecule has 0 N–H and O–H groups in total. The van der Waals surface area contributed by atoms with E-state index in [0.29, 0.717) is 6.42 Å². The van der Waals surface area contributed by atoms with E-state index in [-0.39, 0.29) is 15.6 Å². The number of Topliss-reactive ketones (excluding diaryl/α,β-unsaturated/α-hetero) is 1. The minimum atomic E-state index is -0.551. The molecule has 0 radical (unpaired) electrons. The van der Waals surface area contributed by atoms with Crippen LogP contribution >= 0.6 is 27.7 Å². The third-order valence-corrected chi connectivity index (χ3v) is 4.16. The lowest BCUT2D eigenvalue weighted by atomic mass is 9.97. The Labute approximate surface area is 127 Å². The minimum absolute atomic E-state index is 0.0390. The monoisotopic (exact) mass is 342 g/mol. The van der Waals surface area contributed by atoms with Crippen molar-refractivity contribution in [3.05, 3.63) is 34.3 Å². The quantitative estimate of drug-likeness (QED) is 0.767. The topological polar surface area (TPSA) is 34.1 Å². The summed E-state index contributed by atoms with van der Waals surface area (Å²) in [4.78, 5) is 23.9. The van der Waals surface area contributed by atoms with E-state index in [1.807, 2.05) is 45.0 Å². The maximum Gasteiger partial charge on any atom is 0.200 e. The number of hydrogen-bond donors (Lipinski definition) is 0. The van der Waals surface area contributed by atoms with Gasteiger partial charge in [0.25, 0.3) is 0 Å². The molecule has 104 valence electrons. The first-order valence-electron chi connectivity index (χ1n) is 6.17. The van der Waals surface area contributed by atoms with Crippen LogP contribution in [0.1, 0.15) is 33.3 Å². The van der Waals surface area contributed by atoms with Crippen LogP contribution in [0.3, 0.4) is 0 Å². The van der Waals surface area contributed by atoms with Gasteiger partial charge in [-0.3, -0.25) is 9.59 Å². The Bertz CT molecular complexity index is 460. The van der Waals surface area contributed by atoms with Crippen LogP contribution < -0.4 is 0 Å². The van der Waals surface area contributed by atoms with E-state index < -0.39 is 5.92 Å². The Morgan fingerprint density at radius 2 is 1.74 bits per heavy atom. The largest absolute Gasteiger partial charge is 0.299 e. The molecule has 0 saturated carbocycles. The van der Waals surface area contributed by atoms with Gasteiger partial charge < -0.3 is 0 Å². The van der Waals surface area contributed by atoms with Gasteiger partial charge in [0.1, 0.15) is 5.78 Å². The number of benzene rings is 1. The molecule has 0 aliphatic carbocycles. The molecular weight excluding hydrogens is 324 g/mol. The molecule has 0 heterocycles. The molecule has 1 unspecified atom stereocenters. The molecule has 0 fully saturated rings. The van der Waals surface area contributed by atoms with E-state index >= 15 is 0 Å². The summed E-state index contributed by atoms with van der Waals surface area (Å²) in [5.74, 6) is -0.616. The van der Waals surface area contributed by atoms with Gasteiger partial charge in [0.05, 0.1) is 5.92 Å². The maximum absolute atomic E-state index is 12.2. The lowest BCUT2D eigenvalue weighted by molar-refractivity contribution is -0.127. The summed E-state index contributed by atoms with van der Waals surface area (Å²) in [6.45, 7) is 7.43. The van der Waals surface area contributed by atoms with Gasteiger partial charge in [-0.2, -0.15) is 0 Å². The predicted octanol–water partition coefficient (Wildman–Crippen LogP) is 4.26. The highest BCUT2D eigenvalue weighted by Crippen LogP contribution is 2.29. The molecule has 2 nitrogen and oxygen atoms in total. The first kappa shape index (κ1) is 16.4. The summed E-state index contributed by atoms with van der Waals surface area (Å²) in [5, 5.41) is -0.0390. The highest BCUT2D eigenvalue weighted by molar-refractivity contribution is 9.10. The average molecular weight is 343 g/mol. The maximum atomic E-state index is 12.2. The Hall–Kier alpha value is -0.610. The molecule has 4 heteroatoms. The van der Waals surface area contributed by atoms with Gasteiger partial charge in [0, 0.05) is 9.22 Å². The van der Waals surface area contributed by atoms with E-state index in [0.717, 1.165) is 10.0 Å². The number of carbonyl (C=O) groups excluding carboxylic acids is 2. The standard InChI is InChI=1S/C15H19BrO2S/c1-10(17)13(14(18)19-15(2,3)4)9-11-5-7-12(16)8-6-11/h5-8,13H,9H2,1-4H3. The summed E-state index contributed by atoms with van der Waals surface area (Å²) in [5.41, 5.74) is 1.01.